The van der Waals surface area contributed by atoms with Crippen molar-refractivity contribution >= 4 is 5.94 Å². The minimum absolute atomic E-state index is 0.264. The Balaban J connectivity index is 1.93. The van der Waals surface area contributed by atoms with Crippen LogP contribution in [-0.4, -0.2) is 5.94 Å². The maximum atomic E-state index is 10.8. The Bertz CT molecular complexity index is 344. The highest BCUT2D eigenvalue weighted by Crippen LogP contribution is 2.57. The molecule has 0 radical (unpaired) electrons. The van der Waals surface area contributed by atoms with Gasteiger partial charge in [0.2, 0.25) is 0 Å². The minimum atomic E-state index is 0.264. The van der Waals surface area contributed by atoms with E-state index in [1.165, 1.54) is 32.1 Å². The Labute approximate surface area is 90.0 Å². The molecule has 0 atom stereocenters. The predicted molar refractivity (Wildman–Crippen MR) is 55.4 cm³/mol. The number of hydrogen-bond donors (Lipinski definition) is 0. The smallest absolute Gasteiger partial charge is 0.139 e. The van der Waals surface area contributed by atoms with Crippen LogP contribution in [-0.2, 0) is 4.79 Å². The number of carbonyl (C=O) groups excluding carboxylic acids is 1. The second-order valence-corrected chi connectivity index (χ2v) is 5.58. The first-order valence-electron chi connectivity index (χ1n) is 5.97. The molecule has 15 heavy (non-hydrogen) atoms. The lowest BCUT2D eigenvalue weighted by Gasteiger charge is -2.53. The molecule has 0 amide bonds. The van der Waals surface area contributed by atoms with Crippen molar-refractivity contribution in [2.75, 3.05) is 0 Å². The molecule has 4 fully saturated rings. The summed E-state index contributed by atoms with van der Waals surface area (Å²) >= 11 is 0. The summed E-state index contributed by atoms with van der Waals surface area (Å²) in [7, 11) is 0. The molecule has 0 aliphatic heterocycles. The van der Waals surface area contributed by atoms with Gasteiger partial charge in [-0.25, -0.2) is 4.79 Å². The fraction of sp³-hybridized carbons (Fsp3) is 0.769. The third-order valence-electron chi connectivity index (χ3n) is 4.79. The van der Waals surface area contributed by atoms with Crippen molar-refractivity contribution in [2.45, 2.75) is 32.1 Å². The molecular weight excluding hydrogens is 186 g/mol. The number of nitriles is 1. The van der Waals surface area contributed by atoms with Crippen molar-refractivity contribution in [3.63, 3.8) is 0 Å². The average molecular weight is 201 g/mol. The highest BCUT2D eigenvalue weighted by Gasteiger charge is 2.49. The number of hydrogen-bond acceptors (Lipinski definition) is 2. The Kier molecular flexibility index (Phi) is 1.97. The van der Waals surface area contributed by atoms with Crippen molar-refractivity contribution in [3.8, 4) is 6.07 Å². The molecule has 4 bridgehead atoms. The summed E-state index contributed by atoms with van der Waals surface area (Å²) in [6.07, 6.45) is 6.43. The molecule has 78 valence electrons. The highest BCUT2D eigenvalue weighted by atomic mass is 16.1. The van der Waals surface area contributed by atoms with Gasteiger partial charge in [0, 0.05) is 5.92 Å². The van der Waals surface area contributed by atoms with Gasteiger partial charge < -0.3 is 0 Å². The lowest BCUT2D eigenvalue weighted by atomic mass is 9.51. The molecule has 0 N–H and O–H groups in total. The second-order valence-electron chi connectivity index (χ2n) is 5.58. The van der Waals surface area contributed by atoms with E-state index in [9.17, 15) is 4.79 Å². The van der Waals surface area contributed by atoms with Crippen LogP contribution in [0.15, 0.2) is 5.57 Å². The molecule has 0 aromatic heterocycles. The fourth-order valence-corrected chi connectivity index (χ4v) is 4.56. The number of rotatable bonds is 1. The largest absolute Gasteiger partial charge is 0.232 e. The fourth-order valence-electron chi connectivity index (χ4n) is 4.56. The van der Waals surface area contributed by atoms with E-state index < -0.39 is 0 Å². The van der Waals surface area contributed by atoms with Crippen LogP contribution in [0.2, 0.25) is 0 Å². The predicted octanol–water partition coefficient (Wildman–Crippen LogP) is 2.34. The molecule has 2 heteroatoms. The highest BCUT2D eigenvalue weighted by molar-refractivity contribution is 5.60. The molecule has 0 aromatic carbocycles. The number of nitrogens with zero attached hydrogens (tertiary/aromatic N) is 1. The van der Waals surface area contributed by atoms with Crippen LogP contribution in [0, 0.1) is 40.9 Å². The summed E-state index contributed by atoms with van der Waals surface area (Å²) < 4.78 is 0. The van der Waals surface area contributed by atoms with E-state index >= 15 is 0 Å². The second kappa shape index (κ2) is 3.22. The van der Waals surface area contributed by atoms with Crippen LogP contribution in [0.25, 0.3) is 0 Å². The third kappa shape index (κ3) is 1.27. The molecule has 4 aliphatic rings. The van der Waals surface area contributed by atoms with Gasteiger partial charge in [-0.1, -0.05) is 0 Å². The van der Waals surface area contributed by atoms with Crippen molar-refractivity contribution < 1.29 is 4.79 Å². The van der Waals surface area contributed by atoms with Gasteiger partial charge in [-0.05, 0) is 55.8 Å². The van der Waals surface area contributed by atoms with Crippen LogP contribution in [0.3, 0.4) is 0 Å². The quantitative estimate of drug-likeness (QED) is 0.482. The summed E-state index contributed by atoms with van der Waals surface area (Å²) in [4.78, 5) is 10.8. The van der Waals surface area contributed by atoms with Crippen LogP contribution in [0.5, 0.6) is 0 Å². The summed E-state index contributed by atoms with van der Waals surface area (Å²) in [5.41, 5.74) is 0.406. The zero-order chi connectivity index (χ0) is 10.4. The molecule has 0 spiro atoms. The van der Waals surface area contributed by atoms with Gasteiger partial charge in [-0.15, -0.1) is 0 Å². The van der Waals surface area contributed by atoms with E-state index in [1.807, 2.05) is 5.94 Å². The van der Waals surface area contributed by atoms with Gasteiger partial charge in [-0.3, -0.25) is 0 Å². The first-order chi connectivity index (χ1) is 7.31. The van der Waals surface area contributed by atoms with E-state index in [1.54, 1.807) is 0 Å². The molecule has 4 rings (SSSR count). The Hall–Kier alpha value is -1.06. The lowest BCUT2D eigenvalue weighted by molar-refractivity contribution is -0.0186. The lowest BCUT2D eigenvalue weighted by Crippen LogP contribution is -2.45. The molecule has 0 heterocycles. The molecule has 0 unspecified atom stereocenters. The van der Waals surface area contributed by atoms with Gasteiger partial charge in [0.05, 0.1) is 0 Å². The SMILES string of the molecule is N#CC(=C=O)C1C2CC3CC(C2)CC1C3. The third-order valence-corrected chi connectivity index (χ3v) is 4.79. The summed E-state index contributed by atoms with van der Waals surface area (Å²) in [6, 6.07) is 2.07. The molecule has 2 nitrogen and oxygen atoms in total. The average Bonchev–Trinajstić information content (AvgIpc) is 2.22. The Morgan fingerprint density at radius 3 is 1.93 bits per heavy atom. The van der Waals surface area contributed by atoms with Crippen molar-refractivity contribution in [3.05, 3.63) is 5.57 Å². The van der Waals surface area contributed by atoms with E-state index in [4.69, 9.17) is 5.26 Å². The van der Waals surface area contributed by atoms with Crippen LogP contribution in [0.1, 0.15) is 32.1 Å². The molecule has 0 saturated heterocycles. The van der Waals surface area contributed by atoms with Gasteiger partial charge >= 0.3 is 0 Å². The maximum absolute atomic E-state index is 10.8. The summed E-state index contributed by atoms with van der Waals surface area (Å²) in [5, 5.41) is 8.96. The van der Waals surface area contributed by atoms with E-state index in [0.717, 1.165) is 11.8 Å². The molecule has 4 saturated carbocycles. The standard InChI is InChI=1S/C13H15NO/c14-6-12(7-15)13-10-2-8-1-9(4-10)5-11(13)3-8/h8-11,13H,1-5H2. The van der Waals surface area contributed by atoms with Crippen LogP contribution >= 0.6 is 0 Å². The van der Waals surface area contributed by atoms with Crippen LogP contribution in [0.4, 0.5) is 0 Å². The molecule has 4 aliphatic carbocycles. The normalized spacial score (nSPS) is 45.9. The maximum Gasteiger partial charge on any atom is 0.139 e. The topological polar surface area (TPSA) is 40.9 Å². The Morgan fingerprint density at radius 1 is 1.00 bits per heavy atom. The monoisotopic (exact) mass is 201 g/mol. The van der Waals surface area contributed by atoms with Crippen molar-refractivity contribution in [1.82, 2.24) is 0 Å². The zero-order valence-electron chi connectivity index (χ0n) is 8.78. The van der Waals surface area contributed by atoms with E-state index in [0.29, 0.717) is 17.4 Å². The molecular formula is C13H15NO. The molecule has 0 aromatic rings. The first kappa shape index (κ1) is 9.19. The van der Waals surface area contributed by atoms with Gasteiger partial charge in [0.25, 0.3) is 0 Å². The van der Waals surface area contributed by atoms with Crippen molar-refractivity contribution in [1.29, 1.82) is 5.26 Å². The van der Waals surface area contributed by atoms with E-state index in [-0.39, 0.29) is 5.92 Å². The number of allylic oxidation sites excluding steroid dienone is 1. The first-order valence-corrected chi connectivity index (χ1v) is 5.97. The zero-order valence-corrected chi connectivity index (χ0v) is 8.78. The van der Waals surface area contributed by atoms with Gasteiger partial charge in [0.1, 0.15) is 17.6 Å². The van der Waals surface area contributed by atoms with Crippen molar-refractivity contribution in [2.24, 2.45) is 29.6 Å². The minimum Gasteiger partial charge on any atom is -0.232 e. The summed E-state index contributed by atoms with van der Waals surface area (Å²) in [6.45, 7) is 0. The van der Waals surface area contributed by atoms with Gasteiger partial charge in [0.15, 0.2) is 0 Å². The summed E-state index contributed by atoms with van der Waals surface area (Å²) in [5.74, 6) is 5.19. The Morgan fingerprint density at radius 2 is 1.53 bits per heavy atom. The van der Waals surface area contributed by atoms with E-state index in [2.05, 4.69) is 6.07 Å². The van der Waals surface area contributed by atoms with Crippen LogP contribution < -0.4 is 0 Å². The van der Waals surface area contributed by atoms with Gasteiger partial charge in [-0.2, -0.15) is 5.26 Å².